The Morgan fingerprint density at radius 2 is 1.33 bits per heavy atom. The van der Waals surface area contributed by atoms with Crippen molar-refractivity contribution in [3.05, 3.63) is 48.8 Å². The summed E-state index contributed by atoms with van der Waals surface area (Å²) in [6, 6.07) is 10.6. The van der Waals surface area contributed by atoms with Gasteiger partial charge in [0.05, 0.1) is 11.4 Å². The number of anilines is 1. The zero-order valence-electron chi connectivity index (χ0n) is 12.0. The Morgan fingerprint density at radius 3 is 1.81 bits per heavy atom. The molecule has 2 aromatic rings. The quantitative estimate of drug-likeness (QED) is 0.654. The fraction of sp³-hybridized carbons (Fsp3) is 0.267. The molecule has 0 aliphatic carbocycles. The SMILES string of the molecule is CC(O)N(c1ccc(/N=N/c2ccncc2)cc1)C(C)O. The third-order valence-electron chi connectivity index (χ3n) is 2.90. The van der Waals surface area contributed by atoms with Crippen LogP contribution < -0.4 is 4.90 Å². The van der Waals surface area contributed by atoms with Gasteiger partial charge < -0.3 is 15.1 Å². The summed E-state index contributed by atoms with van der Waals surface area (Å²) in [7, 11) is 0. The molecule has 1 aromatic carbocycles. The van der Waals surface area contributed by atoms with Crippen molar-refractivity contribution in [1.82, 2.24) is 4.98 Å². The van der Waals surface area contributed by atoms with Crippen LogP contribution in [-0.2, 0) is 0 Å². The highest BCUT2D eigenvalue weighted by Crippen LogP contribution is 2.23. The maximum Gasteiger partial charge on any atom is 0.126 e. The maximum atomic E-state index is 9.68. The molecule has 6 heteroatoms. The van der Waals surface area contributed by atoms with Crippen molar-refractivity contribution in [2.75, 3.05) is 4.90 Å². The summed E-state index contributed by atoms with van der Waals surface area (Å²) >= 11 is 0. The smallest absolute Gasteiger partial charge is 0.126 e. The van der Waals surface area contributed by atoms with E-state index in [0.29, 0.717) is 11.4 Å². The highest BCUT2D eigenvalue weighted by Gasteiger charge is 2.16. The molecule has 2 unspecified atom stereocenters. The fourth-order valence-corrected chi connectivity index (χ4v) is 1.96. The molecule has 2 atom stereocenters. The number of pyridine rings is 1. The number of benzene rings is 1. The minimum atomic E-state index is -0.783. The molecule has 0 radical (unpaired) electrons. The summed E-state index contributed by atoms with van der Waals surface area (Å²) in [5, 5.41) is 27.6. The summed E-state index contributed by atoms with van der Waals surface area (Å²) in [5.41, 5.74) is 2.12. The Labute approximate surface area is 123 Å². The molecule has 0 fully saturated rings. The van der Waals surface area contributed by atoms with Crippen molar-refractivity contribution in [2.45, 2.75) is 26.3 Å². The Balaban J connectivity index is 2.13. The zero-order chi connectivity index (χ0) is 15.2. The van der Waals surface area contributed by atoms with Gasteiger partial charge in [0.25, 0.3) is 0 Å². The lowest BCUT2D eigenvalue weighted by atomic mass is 10.2. The van der Waals surface area contributed by atoms with E-state index in [1.165, 1.54) is 4.90 Å². The number of azo groups is 1. The summed E-state index contributed by atoms with van der Waals surface area (Å²) in [4.78, 5) is 5.40. The second-order valence-corrected chi connectivity index (χ2v) is 4.59. The van der Waals surface area contributed by atoms with Crippen molar-refractivity contribution in [3.63, 3.8) is 0 Å². The number of aliphatic hydroxyl groups excluding tert-OH is 2. The van der Waals surface area contributed by atoms with Crippen LogP contribution in [0, 0.1) is 0 Å². The highest BCUT2D eigenvalue weighted by molar-refractivity contribution is 5.53. The molecular formula is C15H18N4O2. The number of hydrogen-bond donors (Lipinski definition) is 2. The van der Waals surface area contributed by atoms with E-state index in [4.69, 9.17) is 0 Å². The Morgan fingerprint density at radius 1 is 0.857 bits per heavy atom. The van der Waals surface area contributed by atoms with Gasteiger partial charge in [-0.3, -0.25) is 4.98 Å². The molecule has 1 heterocycles. The lowest BCUT2D eigenvalue weighted by Crippen LogP contribution is -2.40. The molecular weight excluding hydrogens is 268 g/mol. The van der Waals surface area contributed by atoms with Crippen molar-refractivity contribution < 1.29 is 10.2 Å². The van der Waals surface area contributed by atoms with Gasteiger partial charge in [0.1, 0.15) is 12.5 Å². The summed E-state index contributed by atoms with van der Waals surface area (Å²) in [6.45, 7) is 3.20. The molecule has 0 spiro atoms. The molecule has 2 N–H and O–H groups in total. The van der Waals surface area contributed by atoms with Crippen LogP contribution in [0.4, 0.5) is 17.1 Å². The normalized spacial score (nSPS) is 14.1. The van der Waals surface area contributed by atoms with Crippen LogP contribution in [0.2, 0.25) is 0 Å². The minimum absolute atomic E-state index is 0.687. The summed E-state index contributed by atoms with van der Waals surface area (Å²) in [6.07, 6.45) is 1.74. The molecule has 0 aliphatic heterocycles. The number of aromatic nitrogens is 1. The van der Waals surface area contributed by atoms with E-state index in [1.54, 1.807) is 62.6 Å². The largest absolute Gasteiger partial charge is 0.374 e. The van der Waals surface area contributed by atoms with Crippen molar-refractivity contribution in [1.29, 1.82) is 0 Å². The lowest BCUT2D eigenvalue weighted by molar-refractivity contribution is 0.105. The van der Waals surface area contributed by atoms with E-state index >= 15 is 0 Å². The van der Waals surface area contributed by atoms with Gasteiger partial charge in [-0.15, -0.1) is 0 Å². The zero-order valence-corrected chi connectivity index (χ0v) is 12.0. The van der Waals surface area contributed by atoms with E-state index in [1.807, 2.05) is 0 Å². The molecule has 0 amide bonds. The van der Waals surface area contributed by atoms with Crippen LogP contribution in [0.25, 0.3) is 0 Å². The molecule has 110 valence electrons. The Kier molecular flexibility index (Phi) is 4.97. The number of rotatable bonds is 5. The highest BCUT2D eigenvalue weighted by atomic mass is 16.3. The van der Waals surface area contributed by atoms with Gasteiger partial charge in [-0.2, -0.15) is 10.2 Å². The first-order valence-electron chi connectivity index (χ1n) is 6.64. The average Bonchev–Trinajstić information content (AvgIpc) is 2.47. The Bertz CT molecular complexity index is 574. The predicted octanol–water partition coefficient (Wildman–Crippen LogP) is 2.98. The first-order chi connectivity index (χ1) is 10.1. The average molecular weight is 286 g/mol. The van der Waals surface area contributed by atoms with Crippen LogP contribution in [0.3, 0.4) is 0 Å². The lowest BCUT2D eigenvalue weighted by Gasteiger charge is -2.30. The van der Waals surface area contributed by atoms with Crippen LogP contribution in [0.15, 0.2) is 59.0 Å². The summed E-state index contributed by atoms with van der Waals surface area (Å²) in [5.74, 6) is 0. The topological polar surface area (TPSA) is 81.3 Å². The van der Waals surface area contributed by atoms with E-state index in [9.17, 15) is 10.2 Å². The monoisotopic (exact) mass is 286 g/mol. The van der Waals surface area contributed by atoms with Crippen LogP contribution >= 0.6 is 0 Å². The van der Waals surface area contributed by atoms with Gasteiger partial charge >= 0.3 is 0 Å². The van der Waals surface area contributed by atoms with Crippen molar-refractivity contribution in [2.24, 2.45) is 10.2 Å². The minimum Gasteiger partial charge on any atom is -0.374 e. The summed E-state index contributed by atoms with van der Waals surface area (Å²) < 4.78 is 0. The van der Waals surface area contributed by atoms with Gasteiger partial charge in [0, 0.05) is 18.1 Å². The first-order valence-corrected chi connectivity index (χ1v) is 6.64. The van der Waals surface area contributed by atoms with E-state index in [0.717, 1.165) is 5.69 Å². The Hall–Kier alpha value is -2.31. The van der Waals surface area contributed by atoms with E-state index < -0.39 is 12.5 Å². The van der Waals surface area contributed by atoms with E-state index in [-0.39, 0.29) is 0 Å². The second kappa shape index (κ2) is 6.92. The molecule has 0 bridgehead atoms. The van der Waals surface area contributed by atoms with Gasteiger partial charge in [0.2, 0.25) is 0 Å². The number of nitrogens with zero attached hydrogens (tertiary/aromatic N) is 4. The standard InChI is InChI=1S/C15H18N4O2/c1-11(20)19(12(2)21)15-5-3-13(4-6-15)17-18-14-7-9-16-10-8-14/h3-12,20-21H,1-2H3/b18-17+. The van der Waals surface area contributed by atoms with Crippen molar-refractivity contribution in [3.8, 4) is 0 Å². The molecule has 0 saturated carbocycles. The van der Waals surface area contributed by atoms with Gasteiger partial charge in [-0.05, 0) is 50.2 Å². The van der Waals surface area contributed by atoms with E-state index in [2.05, 4.69) is 15.2 Å². The van der Waals surface area contributed by atoms with Gasteiger partial charge in [0.15, 0.2) is 0 Å². The number of hydrogen-bond acceptors (Lipinski definition) is 6. The molecule has 0 aliphatic rings. The third-order valence-corrected chi connectivity index (χ3v) is 2.90. The molecule has 2 rings (SSSR count). The third kappa shape index (κ3) is 4.08. The predicted molar refractivity (Wildman–Crippen MR) is 80.7 cm³/mol. The second-order valence-electron chi connectivity index (χ2n) is 4.59. The van der Waals surface area contributed by atoms with Crippen molar-refractivity contribution >= 4 is 17.1 Å². The fourth-order valence-electron chi connectivity index (χ4n) is 1.96. The number of aliphatic hydroxyl groups is 2. The van der Waals surface area contributed by atoms with Gasteiger partial charge in [-0.25, -0.2) is 0 Å². The van der Waals surface area contributed by atoms with Crippen LogP contribution in [0.1, 0.15) is 13.8 Å². The molecule has 0 saturated heterocycles. The van der Waals surface area contributed by atoms with Crippen LogP contribution in [-0.4, -0.2) is 27.7 Å². The molecule has 21 heavy (non-hydrogen) atoms. The first kappa shape index (κ1) is 15.1. The van der Waals surface area contributed by atoms with Crippen LogP contribution in [0.5, 0.6) is 0 Å². The van der Waals surface area contributed by atoms with Gasteiger partial charge in [-0.1, -0.05) is 0 Å². The molecule has 6 nitrogen and oxygen atoms in total. The maximum absolute atomic E-state index is 9.68. The molecule has 1 aromatic heterocycles.